The number of ether oxygens (including phenoxy) is 1. The number of benzene rings is 2. The number of halogens is 1. The minimum absolute atomic E-state index is 0.518. The van der Waals surface area contributed by atoms with Crippen molar-refractivity contribution in [3.63, 3.8) is 0 Å². The largest absolute Gasteiger partial charge is 0.489 e. The standard InChI is InChI=1S/C18H20BrNO/c1-4-9-21-17-8-6-5-7-15(17)12-20-18-14(3)10-13(2)11-16(18)19/h4-8,10-11,20H,1,9,12H2,2-3H3. The van der Waals surface area contributed by atoms with E-state index in [1.807, 2.05) is 18.2 Å². The Hall–Kier alpha value is -1.74. The molecule has 0 fully saturated rings. The molecule has 1 N–H and O–H groups in total. The Morgan fingerprint density at radius 1 is 1.24 bits per heavy atom. The van der Waals surface area contributed by atoms with E-state index in [2.05, 4.69) is 59.9 Å². The summed E-state index contributed by atoms with van der Waals surface area (Å²) in [4.78, 5) is 0. The lowest BCUT2D eigenvalue weighted by molar-refractivity contribution is 0.359. The van der Waals surface area contributed by atoms with Crippen LogP contribution in [0.5, 0.6) is 5.75 Å². The summed E-state index contributed by atoms with van der Waals surface area (Å²) >= 11 is 3.62. The van der Waals surface area contributed by atoms with E-state index in [9.17, 15) is 0 Å². The minimum Gasteiger partial charge on any atom is -0.489 e. The lowest BCUT2D eigenvalue weighted by Crippen LogP contribution is -2.05. The lowest BCUT2D eigenvalue weighted by Gasteiger charge is -2.15. The van der Waals surface area contributed by atoms with Crippen molar-refractivity contribution in [2.75, 3.05) is 11.9 Å². The minimum atomic E-state index is 0.518. The molecule has 0 bridgehead atoms. The fourth-order valence-electron chi connectivity index (χ4n) is 2.26. The number of anilines is 1. The van der Waals surface area contributed by atoms with Gasteiger partial charge in [-0.25, -0.2) is 0 Å². The number of rotatable bonds is 6. The fourth-order valence-corrected chi connectivity index (χ4v) is 3.08. The average Bonchev–Trinajstić information content (AvgIpc) is 2.45. The highest BCUT2D eigenvalue weighted by atomic mass is 79.9. The Bertz CT molecular complexity index is 614. The molecule has 110 valence electrons. The summed E-state index contributed by atoms with van der Waals surface area (Å²) in [5, 5.41) is 3.49. The molecule has 0 aromatic heterocycles. The summed E-state index contributed by atoms with van der Waals surface area (Å²) in [7, 11) is 0. The Balaban J connectivity index is 2.15. The molecule has 0 aliphatic heterocycles. The Kier molecular flexibility index (Phi) is 5.45. The van der Waals surface area contributed by atoms with E-state index >= 15 is 0 Å². The molecule has 21 heavy (non-hydrogen) atoms. The highest BCUT2D eigenvalue weighted by Crippen LogP contribution is 2.29. The van der Waals surface area contributed by atoms with Crippen LogP contribution in [0.3, 0.4) is 0 Å². The molecule has 0 amide bonds. The van der Waals surface area contributed by atoms with Gasteiger partial charge in [0.25, 0.3) is 0 Å². The van der Waals surface area contributed by atoms with Crippen molar-refractivity contribution in [2.45, 2.75) is 20.4 Å². The first-order valence-corrected chi connectivity index (χ1v) is 7.73. The molecular weight excluding hydrogens is 326 g/mol. The number of hydrogen-bond acceptors (Lipinski definition) is 2. The highest BCUT2D eigenvalue weighted by molar-refractivity contribution is 9.10. The summed E-state index contributed by atoms with van der Waals surface area (Å²) < 4.78 is 6.77. The normalized spacial score (nSPS) is 10.2. The second-order valence-electron chi connectivity index (χ2n) is 5.00. The molecule has 0 spiro atoms. The van der Waals surface area contributed by atoms with Gasteiger partial charge in [-0.15, -0.1) is 0 Å². The second kappa shape index (κ2) is 7.32. The Morgan fingerprint density at radius 2 is 2.00 bits per heavy atom. The van der Waals surface area contributed by atoms with Gasteiger partial charge in [0.05, 0.1) is 5.69 Å². The summed E-state index contributed by atoms with van der Waals surface area (Å²) in [6.45, 7) is 9.13. The SMILES string of the molecule is C=CCOc1ccccc1CNc1c(C)cc(C)cc1Br. The summed E-state index contributed by atoms with van der Waals surface area (Å²) in [6, 6.07) is 12.4. The van der Waals surface area contributed by atoms with Crippen LogP contribution < -0.4 is 10.1 Å². The Labute approximate surface area is 135 Å². The average molecular weight is 346 g/mol. The van der Waals surface area contributed by atoms with Crippen molar-refractivity contribution in [1.82, 2.24) is 0 Å². The van der Waals surface area contributed by atoms with Crippen molar-refractivity contribution < 1.29 is 4.74 Å². The lowest BCUT2D eigenvalue weighted by atomic mass is 10.1. The molecule has 2 aromatic carbocycles. The van der Waals surface area contributed by atoms with Gasteiger partial charge in [0.15, 0.2) is 0 Å². The van der Waals surface area contributed by atoms with Gasteiger partial charge in [-0.05, 0) is 53.0 Å². The van der Waals surface area contributed by atoms with Crippen LogP contribution in [0.25, 0.3) is 0 Å². The number of para-hydroxylation sites is 1. The first-order valence-electron chi connectivity index (χ1n) is 6.94. The van der Waals surface area contributed by atoms with E-state index in [0.29, 0.717) is 6.61 Å². The molecular formula is C18H20BrNO. The molecule has 0 unspecified atom stereocenters. The first-order chi connectivity index (χ1) is 10.1. The summed E-state index contributed by atoms with van der Waals surface area (Å²) in [5.41, 5.74) is 4.73. The molecule has 3 heteroatoms. The van der Waals surface area contributed by atoms with E-state index in [-0.39, 0.29) is 0 Å². The Morgan fingerprint density at radius 3 is 2.71 bits per heavy atom. The van der Waals surface area contributed by atoms with Gasteiger partial charge in [0.2, 0.25) is 0 Å². The fraction of sp³-hybridized carbons (Fsp3) is 0.222. The molecule has 2 rings (SSSR count). The maximum atomic E-state index is 5.68. The molecule has 0 saturated heterocycles. The van der Waals surface area contributed by atoms with Gasteiger partial charge in [0, 0.05) is 16.6 Å². The third-order valence-corrected chi connectivity index (χ3v) is 3.84. The number of hydrogen-bond donors (Lipinski definition) is 1. The topological polar surface area (TPSA) is 21.3 Å². The van der Waals surface area contributed by atoms with Crippen molar-refractivity contribution in [2.24, 2.45) is 0 Å². The third kappa shape index (κ3) is 4.11. The van der Waals surface area contributed by atoms with E-state index in [0.717, 1.165) is 28.0 Å². The van der Waals surface area contributed by atoms with Crippen LogP contribution in [-0.4, -0.2) is 6.61 Å². The zero-order chi connectivity index (χ0) is 15.2. The smallest absolute Gasteiger partial charge is 0.124 e. The number of aryl methyl sites for hydroxylation is 2. The summed E-state index contributed by atoms with van der Waals surface area (Å²) in [5.74, 6) is 0.894. The monoisotopic (exact) mass is 345 g/mol. The van der Waals surface area contributed by atoms with Crippen LogP contribution in [0.4, 0.5) is 5.69 Å². The van der Waals surface area contributed by atoms with Gasteiger partial charge in [-0.1, -0.05) is 36.9 Å². The van der Waals surface area contributed by atoms with Gasteiger partial charge >= 0.3 is 0 Å². The van der Waals surface area contributed by atoms with Crippen LogP contribution >= 0.6 is 15.9 Å². The van der Waals surface area contributed by atoms with E-state index in [4.69, 9.17) is 4.74 Å². The van der Waals surface area contributed by atoms with Crippen molar-refractivity contribution in [3.05, 3.63) is 70.2 Å². The maximum Gasteiger partial charge on any atom is 0.124 e. The zero-order valence-electron chi connectivity index (χ0n) is 12.4. The van der Waals surface area contributed by atoms with Crippen LogP contribution in [0.2, 0.25) is 0 Å². The second-order valence-corrected chi connectivity index (χ2v) is 5.85. The van der Waals surface area contributed by atoms with Crippen LogP contribution in [0, 0.1) is 13.8 Å². The molecule has 0 aliphatic carbocycles. The van der Waals surface area contributed by atoms with Crippen molar-refractivity contribution in [3.8, 4) is 5.75 Å². The van der Waals surface area contributed by atoms with Crippen LogP contribution in [0.1, 0.15) is 16.7 Å². The molecule has 0 heterocycles. The molecule has 2 aromatic rings. The van der Waals surface area contributed by atoms with E-state index in [1.54, 1.807) is 6.08 Å². The van der Waals surface area contributed by atoms with Crippen molar-refractivity contribution >= 4 is 21.6 Å². The highest BCUT2D eigenvalue weighted by Gasteiger charge is 2.07. The van der Waals surface area contributed by atoms with Gasteiger partial charge in [-0.3, -0.25) is 0 Å². The van der Waals surface area contributed by atoms with Crippen LogP contribution in [0.15, 0.2) is 53.5 Å². The predicted octanol–water partition coefficient (Wildman–Crippen LogP) is 5.24. The molecule has 0 atom stereocenters. The van der Waals surface area contributed by atoms with E-state index in [1.165, 1.54) is 11.1 Å². The molecule has 0 aliphatic rings. The quantitative estimate of drug-likeness (QED) is 0.722. The zero-order valence-corrected chi connectivity index (χ0v) is 14.0. The first kappa shape index (κ1) is 15.6. The van der Waals surface area contributed by atoms with Crippen molar-refractivity contribution in [1.29, 1.82) is 0 Å². The van der Waals surface area contributed by atoms with E-state index < -0.39 is 0 Å². The maximum absolute atomic E-state index is 5.68. The van der Waals surface area contributed by atoms with Crippen LogP contribution in [-0.2, 0) is 6.54 Å². The molecule has 0 saturated carbocycles. The van der Waals surface area contributed by atoms with Gasteiger partial charge < -0.3 is 10.1 Å². The number of nitrogens with one attached hydrogen (secondary N) is 1. The molecule has 2 nitrogen and oxygen atoms in total. The predicted molar refractivity (Wildman–Crippen MR) is 93.1 cm³/mol. The summed E-state index contributed by atoms with van der Waals surface area (Å²) in [6.07, 6.45) is 1.75. The third-order valence-electron chi connectivity index (χ3n) is 3.22. The molecule has 0 radical (unpaired) electrons. The van der Waals surface area contributed by atoms with Gasteiger partial charge in [-0.2, -0.15) is 0 Å². The van der Waals surface area contributed by atoms with Gasteiger partial charge in [0.1, 0.15) is 12.4 Å².